The minimum atomic E-state index is -0.279. The number of hydrogen-bond donors (Lipinski definition) is 1. The molecule has 0 fully saturated rings. The number of aryl methyl sites for hydroxylation is 1. The largest absolute Gasteiger partial charge is 0.477 e. The fourth-order valence-electron chi connectivity index (χ4n) is 3.41. The van der Waals surface area contributed by atoms with E-state index in [1.165, 1.54) is 12.1 Å². The number of nitrogens with two attached hydrogens (primary N) is 1. The molecule has 0 aliphatic carbocycles. The Kier molecular flexibility index (Phi) is 5.42. The highest BCUT2D eigenvalue weighted by atomic mass is 19.1. The average molecular weight is 367 g/mol. The number of hydrogen-bond acceptors (Lipinski definition) is 4. The van der Waals surface area contributed by atoms with Gasteiger partial charge in [0.05, 0.1) is 12.1 Å². The van der Waals surface area contributed by atoms with E-state index in [1.807, 2.05) is 32.9 Å². The summed E-state index contributed by atoms with van der Waals surface area (Å²) in [5.74, 6) is 0.668. The van der Waals surface area contributed by atoms with Gasteiger partial charge in [0.25, 0.3) is 0 Å². The maximum absolute atomic E-state index is 13.7. The van der Waals surface area contributed by atoms with E-state index in [0.717, 1.165) is 34.0 Å². The molecule has 1 aromatic carbocycles. The van der Waals surface area contributed by atoms with Crippen LogP contribution in [-0.4, -0.2) is 22.1 Å². The Morgan fingerprint density at radius 2 is 1.96 bits per heavy atom. The van der Waals surface area contributed by atoms with E-state index in [4.69, 9.17) is 10.5 Å². The maximum Gasteiger partial charge on any atom is 0.216 e. The van der Waals surface area contributed by atoms with Gasteiger partial charge in [0.1, 0.15) is 5.82 Å². The molecule has 0 bridgehead atoms. The van der Waals surface area contributed by atoms with Gasteiger partial charge in [-0.25, -0.2) is 9.37 Å². The summed E-state index contributed by atoms with van der Waals surface area (Å²) in [6.45, 7) is 8.69. The molecule has 1 unspecified atom stereocenters. The Morgan fingerprint density at radius 3 is 2.67 bits per heavy atom. The summed E-state index contributed by atoms with van der Waals surface area (Å²) in [6.07, 6.45) is 4.36. The third-order valence-corrected chi connectivity index (χ3v) is 4.42. The molecule has 2 heterocycles. The van der Waals surface area contributed by atoms with Crippen LogP contribution < -0.4 is 10.5 Å². The van der Waals surface area contributed by atoms with E-state index < -0.39 is 0 Å². The van der Waals surface area contributed by atoms with Crippen molar-refractivity contribution in [2.75, 3.05) is 6.61 Å². The van der Waals surface area contributed by atoms with Crippen molar-refractivity contribution in [3.05, 3.63) is 54.1 Å². The van der Waals surface area contributed by atoms with Crippen LogP contribution in [0.25, 0.3) is 22.0 Å². The first-order valence-electron chi connectivity index (χ1n) is 9.16. The molecule has 4 nitrogen and oxygen atoms in total. The van der Waals surface area contributed by atoms with Crippen LogP contribution in [0.2, 0.25) is 0 Å². The zero-order chi connectivity index (χ0) is 19.6. The van der Waals surface area contributed by atoms with Gasteiger partial charge in [-0.15, -0.1) is 0 Å². The van der Waals surface area contributed by atoms with E-state index in [0.29, 0.717) is 18.4 Å². The maximum atomic E-state index is 13.7. The Labute approximate surface area is 159 Å². The Morgan fingerprint density at radius 1 is 1.19 bits per heavy atom. The van der Waals surface area contributed by atoms with E-state index in [9.17, 15) is 4.39 Å². The standard InChI is InChI=1S/C22H26FN3O/c1-14(11-22(3,4)24)13-27-21-15(2)9-16(12-26-21)18-7-8-25-20-6-5-17(23)10-19(18)20/h5-10,12,14H,11,13,24H2,1-4H3. The zero-order valence-corrected chi connectivity index (χ0v) is 16.3. The van der Waals surface area contributed by atoms with Gasteiger partial charge in [-0.05, 0) is 69.0 Å². The second-order valence-corrected chi connectivity index (χ2v) is 7.97. The highest BCUT2D eigenvalue weighted by Crippen LogP contribution is 2.30. The molecule has 0 spiro atoms. The molecule has 5 heteroatoms. The molecule has 0 saturated heterocycles. The first-order chi connectivity index (χ1) is 12.7. The molecular formula is C22H26FN3O. The normalized spacial score (nSPS) is 13.0. The number of aromatic nitrogens is 2. The smallest absolute Gasteiger partial charge is 0.216 e. The van der Waals surface area contributed by atoms with Gasteiger partial charge in [-0.3, -0.25) is 4.98 Å². The minimum absolute atomic E-state index is 0.215. The summed E-state index contributed by atoms with van der Waals surface area (Å²) in [6, 6.07) is 8.51. The van der Waals surface area contributed by atoms with Crippen molar-refractivity contribution in [2.45, 2.75) is 39.7 Å². The quantitative estimate of drug-likeness (QED) is 0.674. The fraction of sp³-hybridized carbons (Fsp3) is 0.364. The van der Waals surface area contributed by atoms with Crippen LogP contribution in [0.4, 0.5) is 4.39 Å². The fourth-order valence-corrected chi connectivity index (χ4v) is 3.41. The first kappa shape index (κ1) is 19.2. The molecule has 0 amide bonds. The lowest BCUT2D eigenvalue weighted by atomic mass is 9.93. The van der Waals surface area contributed by atoms with Crippen LogP contribution in [0.15, 0.2) is 42.7 Å². The lowest BCUT2D eigenvalue weighted by molar-refractivity contribution is 0.221. The van der Waals surface area contributed by atoms with Crippen LogP contribution in [0.1, 0.15) is 32.8 Å². The van der Waals surface area contributed by atoms with Crippen LogP contribution in [0.3, 0.4) is 0 Å². The van der Waals surface area contributed by atoms with Crippen LogP contribution in [0.5, 0.6) is 5.88 Å². The monoisotopic (exact) mass is 367 g/mol. The summed E-state index contributed by atoms with van der Waals surface area (Å²) >= 11 is 0. The molecule has 0 aliphatic rings. The number of ether oxygens (including phenoxy) is 1. The Bertz CT molecular complexity index is 950. The summed E-state index contributed by atoms with van der Waals surface area (Å²) in [5.41, 5.74) is 9.36. The molecule has 27 heavy (non-hydrogen) atoms. The molecule has 3 rings (SSSR count). The van der Waals surface area contributed by atoms with Gasteiger partial charge in [-0.1, -0.05) is 6.92 Å². The Hall–Kier alpha value is -2.53. The van der Waals surface area contributed by atoms with Crippen LogP contribution in [0, 0.1) is 18.7 Å². The van der Waals surface area contributed by atoms with E-state index >= 15 is 0 Å². The van der Waals surface area contributed by atoms with Crippen LogP contribution in [-0.2, 0) is 0 Å². The highest BCUT2D eigenvalue weighted by Gasteiger charge is 2.17. The van der Waals surface area contributed by atoms with Gasteiger partial charge in [-0.2, -0.15) is 0 Å². The first-order valence-corrected chi connectivity index (χ1v) is 9.16. The lowest BCUT2D eigenvalue weighted by Gasteiger charge is -2.23. The third-order valence-electron chi connectivity index (χ3n) is 4.42. The number of rotatable bonds is 6. The van der Waals surface area contributed by atoms with Crippen molar-refractivity contribution < 1.29 is 9.13 Å². The van der Waals surface area contributed by atoms with Gasteiger partial charge in [0.15, 0.2) is 0 Å². The second-order valence-electron chi connectivity index (χ2n) is 7.97. The Balaban J connectivity index is 1.82. The van der Waals surface area contributed by atoms with Gasteiger partial charge >= 0.3 is 0 Å². The summed E-state index contributed by atoms with van der Waals surface area (Å²) in [4.78, 5) is 8.79. The topological polar surface area (TPSA) is 61.0 Å². The van der Waals surface area contributed by atoms with Crippen molar-refractivity contribution in [3.63, 3.8) is 0 Å². The second kappa shape index (κ2) is 7.61. The van der Waals surface area contributed by atoms with Crippen molar-refractivity contribution in [1.29, 1.82) is 0 Å². The summed E-state index contributed by atoms with van der Waals surface area (Å²) in [5, 5.41) is 0.770. The molecular weight excluding hydrogens is 341 g/mol. The minimum Gasteiger partial charge on any atom is -0.477 e. The van der Waals surface area contributed by atoms with Crippen LogP contribution >= 0.6 is 0 Å². The molecule has 0 radical (unpaired) electrons. The van der Waals surface area contributed by atoms with E-state index in [2.05, 4.69) is 16.9 Å². The lowest BCUT2D eigenvalue weighted by Crippen LogP contribution is -2.35. The average Bonchev–Trinajstić information content (AvgIpc) is 2.58. The van der Waals surface area contributed by atoms with Gasteiger partial charge < -0.3 is 10.5 Å². The van der Waals surface area contributed by atoms with E-state index in [-0.39, 0.29) is 11.4 Å². The molecule has 1 atom stereocenters. The van der Waals surface area contributed by atoms with E-state index in [1.54, 1.807) is 18.5 Å². The molecule has 2 aromatic heterocycles. The number of pyridine rings is 2. The van der Waals surface area contributed by atoms with Gasteiger partial charge in [0.2, 0.25) is 5.88 Å². The van der Waals surface area contributed by atoms with Crippen molar-refractivity contribution in [3.8, 4) is 17.0 Å². The highest BCUT2D eigenvalue weighted by molar-refractivity contribution is 5.94. The van der Waals surface area contributed by atoms with Gasteiger partial charge in [0, 0.05) is 34.4 Å². The molecule has 142 valence electrons. The summed E-state index contributed by atoms with van der Waals surface area (Å²) < 4.78 is 19.6. The van der Waals surface area contributed by atoms with Crippen molar-refractivity contribution in [2.24, 2.45) is 11.7 Å². The van der Waals surface area contributed by atoms with Crippen molar-refractivity contribution in [1.82, 2.24) is 9.97 Å². The predicted molar refractivity (Wildman–Crippen MR) is 107 cm³/mol. The number of benzene rings is 1. The zero-order valence-electron chi connectivity index (χ0n) is 16.3. The third kappa shape index (κ3) is 4.80. The summed E-state index contributed by atoms with van der Waals surface area (Å²) in [7, 11) is 0. The molecule has 0 saturated carbocycles. The SMILES string of the molecule is Cc1cc(-c2ccnc3ccc(F)cc23)cnc1OCC(C)CC(C)(C)N. The molecule has 2 N–H and O–H groups in total. The predicted octanol–water partition coefficient (Wildman–Crippen LogP) is 4.89. The number of fused-ring (bicyclic) bond motifs is 1. The number of nitrogens with zero attached hydrogens (tertiary/aromatic N) is 2. The van der Waals surface area contributed by atoms with Crippen molar-refractivity contribution >= 4 is 10.9 Å². The molecule has 3 aromatic rings. The number of halogens is 1. The molecule has 0 aliphatic heterocycles.